The van der Waals surface area contributed by atoms with E-state index in [1.165, 1.54) is 0 Å². The second-order valence-electron chi connectivity index (χ2n) is 4.71. The van der Waals surface area contributed by atoms with Gasteiger partial charge in [0.05, 0.1) is 21.1 Å². The van der Waals surface area contributed by atoms with E-state index < -0.39 is 6.10 Å². The van der Waals surface area contributed by atoms with Gasteiger partial charge in [-0.05, 0) is 12.5 Å². The van der Waals surface area contributed by atoms with Gasteiger partial charge < -0.3 is 22.0 Å². The van der Waals surface area contributed by atoms with Crippen LogP contribution in [0.3, 0.4) is 0 Å². The normalized spacial score (nSPS) is 15.3. The average Bonchev–Trinajstić information content (AvgIpc) is 2.15. The van der Waals surface area contributed by atoms with Gasteiger partial charge in [0.2, 0.25) is 0 Å². The van der Waals surface area contributed by atoms with Crippen LogP contribution in [0.1, 0.15) is 18.6 Å². The Hall–Kier alpha value is -0.570. The number of aliphatic hydroxyl groups excluding tert-OH is 1. The van der Waals surface area contributed by atoms with Crippen molar-refractivity contribution in [2.75, 3.05) is 21.1 Å². The Balaban J connectivity index is 0.00000196. The van der Waals surface area contributed by atoms with E-state index in [1.807, 2.05) is 30.3 Å². The van der Waals surface area contributed by atoms with Crippen molar-refractivity contribution in [1.29, 1.82) is 0 Å². The van der Waals surface area contributed by atoms with Crippen molar-refractivity contribution in [3.63, 3.8) is 0 Å². The molecule has 0 saturated carbocycles. The van der Waals surface area contributed by atoms with E-state index in [4.69, 9.17) is 0 Å². The Morgan fingerprint density at radius 2 is 1.53 bits per heavy atom. The molecule has 0 saturated heterocycles. The predicted octanol–water partition coefficient (Wildman–Crippen LogP) is -1.18. The Labute approximate surface area is 98.5 Å². The highest BCUT2D eigenvalue weighted by Crippen LogP contribution is 2.21. The molecule has 1 N–H and O–H groups in total. The van der Waals surface area contributed by atoms with E-state index in [-0.39, 0.29) is 18.4 Å². The molecule has 0 aliphatic heterocycles. The summed E-state index contributed by atoms with van der Waals surface area (Å²) in [7, 11) is 6.28. The fourth-order valence-electron chi connectivity index (χ4n) is 1.35. The third kappa shape index (κ3) is 3.82. The lowest BCUT2D eigenvalue weighted by Gasteiger charge is -2.34. The molecule has 1 aromatic carbocycles. The number of hydrogen-bond donors (Lipinski definition) is 1. The lowest BCUT2D eigenvalue weighted by atomic mass is 10.0. The topological polar surface area (TPSA) is 20.2 Å². The second kappa shape index (κ2) is 5.50. The molecule has 0 spiro atoms. The highest BCUT2D eigenvalue weighted by atomic mass is 35.5. The molecule has 0 amide bonds. The summed E-state index contributed by atoms with van der Waals surface area (Å²) in [6, 6.07) is 10.0. The lowest BCUT2D eigenvalue weighted by Crippen LogP contribution is -3.00. The van der Waals surface area contributed by atoms with Crippen molar-refractivity contribution in [1.82, 2.24) is 0 Å². The van der Waals surface area contributed by atoms with Gasteiger partial charge in [0.25, 0.3) is 0 Å². The van der Waals surface area contributed by atoms with Gasteiger partial charge in [-0.15, -0.1) is 0 Å². The summed E-state index contributed by atoms with van der Waals surface area (Å²) in [6.45, 7) is 2.07. The molecule has 0 heterocycles. The zero-order chi connectivity index (χ0) is 10.8. The Morgan fingerprint density at radius 3 is 1.93 bits per heavy atom. The summed E-state index contributed by atoms with van der Waals surface area (Å²) >= 11 is 0. The SMILES string of the molecule is CC(C(O)c1ccccc1)[N+](C)(C)C.[Cl-]. The molecule has 86 valence electrons. The summed E-state index contributed by atoms with van der Waals surface area (Å²) in [4.78, 5) is 0. The highest BCUT2D eigenvalue weighted by Gasteiger charge is 2.27. The lowest BCUT2D eigenvalue weighted by molar-refractivity contribution is -0.898. The standard InChI is InChI=1S/C12H20NO.ClH/c1-10(13(2,3)4)12(14)11-8-6-5-7-9-11;/h5-10,12,14H,1-4H3;1H/q+1;/p-1. The van der Waals surface area contributed by atoms with Crippen LogP contribution in [-0.2, 0) is 0 Å². The van der Waals surface area contributed by atoms with Crippen LogP contribution in [0.25, 0.3) is 0 Å². The number of benzene rings is 1. The molecule has 0 aliphatic rings. The molecule has 2 atom stereocenters. The molecule has 0 aliphatic carbocycles. The average molecular weight is 230 g/mol. The molecule has 2 unspecified atom stereocenters. The van der Waals surface area contributed by atoms with E-state index in [1.54, 1.807) is 0 Å². The quantitative estimate of drug-likeness (QED) is 0.647. The number of rotatable bonds is 3. The van der Waals surface area contributed by atoms with Gasteiger partial charge in [-0.25, -0.2) is 0 Å². The maximum absolute atomic E-state index is 10.1. The molecule has 3 heteroatoms. The van der Waals surface area contributed by atoms with Gasteiger partial charge in [-0.3, -0.25) is 0 Å². The number of likely N-dealkylation sites (N-methyl/N-ethyl adjacent to an activating group) is 1. The summed E-state index contributed by atoms with van der Waals surface area (Å²) in [5, 5.41) is 10.1. The Morgan fingerprint density at radius 1 is 1.07 bits per heavy atom. The third-order valence-corrected chi connectivity index (χ3v) is 2.82. The fourth-order valence-corrected chi connectivity index (χ4v) is 1.35. The number of nitrogens with zero attached hydrogens (tertiary/aromatic N) is 1. The Bertz CT molecular complexity index is 281. The van der Waals surface area contributed by atoms with Crippen molar-refractivity contribution >= 4 is 0 Å². The summed E-state index contributed by atoms with van der Waals surface area (Å²) in [6.07, 6.45) is -0.392. The molecule has 1 rings (SSSR count). The second-order valence-corrected chi connectivity index (χ2v) is 4.71. The van der Waals surface area contributed by atoms with Crippen molar-refractivity contribution in [3.8, 4) is 0 Å². The number of quaternary nitrogens is 1. The molecule has 1 aromatic rings. The minimum absolute atomic E-state index is 0. The molecule has 0 aromatic heterocycles. The van der Waals surface area contributed by atoms with Crippen LogP contribution in [0.5, 0.6) is 0 Å². The van der Waals surface area contributed by atoms with Gasteiger partial charge in [-0.2, -0.15) is 0 Å². The molecular weight excluding hydrogens is 210 g/mol. The van der Waals surface area contributed by atoms with E-state index >= 15 is 0 Å². The smallest absolute Gasteiger partial charge is 0.130 e. The van der Waals surface area contributed by atoms with Crippen molar-refractivity contribution in [3.05, 3.63) is 35.9 Å². The van der Waals surface area contributed by atoms with Crippen LogP contribution in [-0.4, -0.2) is 36.8 Å². The molecular formula is C12H20ClNO. The van der Waals surface area contributed by atoms with E-state index in [9.17, 15) is 5.11 Å². The molecule has 0 radical (unpaired) electrons. The largest absolute Gasteiger partial charge is 1.00 e. The third-order valence-electron chi connectivity index (χ3n) is 2.82. The van der Waals surface area contributed by atoms with Crippen LogP contribution in [0, 0.1) is 0 Å². The first-order valence-electron chi connectivity index (χ1n) is 4.97. The number of aliphatic hydroxyl groups is 1. The van der Waals surface area contributed by atoms with Crippen LogP contribution in [0.4, 0.5) is 0 Å². The van der Waals surface area contributed by atoms with Crippen LogP contribution >= 0.6 is 0 Å². The molecule has 0 fully saturated rings. The monoisotopic (exact) mass is 229 g/mol. The van der Waals surface area contributed by atoms with Gasteiger partial charge in [0, 0.05) is 0 Å². The first kappa shape index (κ1) is 14.4. The first-order valence-corrected chi connectivity index (χ1v) is 4.97. The maximum Gasteiger partial charge on any atom is 0.130 e. The minimum Gasteiger partial charge on any atom is -1.00 e. The maximum atomic E-state index is 10.1. The minimum atomic E-state index is -0.392. The highest BCUT2D eigenvalue weighted by molar-refractivity contribution is 5.18. The molecule has 0 bridgehead atoms. The van der Waals surface area contributed by atoms with Crippen molar-refractivity contribution < 1.29 is 22.0 Å². The first-order chi connectivity index (χ1) is 6.43. The van der Waals surface area contributed by atoms with Crippen molar-refractivity contribution in [2.24, 2.45) is 0 Å². The zero-order valence-electron chi connectivity index (χ0n) is 9.81. The van der Waals surface area contributed by atoms with Gasteiger partial charge >= 0.3 is 0 Å². The van der Waals surface area contributed by atoms with E-state index in [0.717, 1.165) is 10.0 Å². The zero-order valence-corrected chi connectivity index (χ0v) is 10.6. The molecule has 2 nitrogen and oxygen atoms in total. The number of halogens is 1. The fraction of sp³-hybridized carbons (Fsp3) is 0.500. The van der Waals surface area contributed by atoms with Crippen LogP contribution in [0.15, 0.2) is 30.3 Å². The summed E-state index contributed by atoms with van der Waals surface area (Å²) < 4.78 is 0.760. The van der Waals surface area contributed by atoms with Gasteiger partial charge in [0.15, 0.2) is 0 Å². The number of hydrogen-bond acceptors (Lipinski definition) is 1. The summed E-state index contributed by atoms with van der Waals surface area (Å²) in [5.74, 6) is 0. The predicted molar refractivity (Wildman–Crippen MR) is 58.9 cm³/mol. The van der Waals surface area contributed by atoms with Gasteiger partial charge in [-0.1, -0.05) is 30.3 Å². The van der Waals surface area contributed by atoms with Crippen LogP contribution in [0.2, 0.25) is 0 Å². The van der Waals surface area contributed by atoms with Crippen molar-refractivity contribution in [2.45, 2.75) is 19.1 Å². The summed E-state index contributed by atoms with van der Waals surface area (Å²) in [5.41, 5.74) is 0.994. The molecule has 15 heavy (non-hydrogen) atoms. The van der Waals surface area contributed by atoms with E-state index in [0.29, 0.717) is 0 Å². The van der Waals surface area contributed by atoms with Gasteiger partial charge in [0.1, 0.15) is 12.1 Å². The van der Waals surface area contributed by atoms with E-state index in [2.05, 4.69) is 28.1 Å². The Kier molecular flexibility index (Phi) is 5.29. The van der Waals surface area contributed by atoms with Crippen LogP contribution < -0.4 is 12.4 Å².